The zero-order valence-corrected chi connectivity index (χ0v) is 18.7. The molecule has 1 unspecified atom stereocenters. The molecule has 1 aromatic rings. The lowest BCUT2D eigenvalue weighted by atomic mass is 10.2. The second-order valence-corrected chi connectivity index (χ2v) is 6.70. The Hall–Kier alpha value is -1.42. The number of halogens is 2. The number of likely N-dealkylation sites (N-methyl/N-ethyl adjacent to an activating group) is 2. The van der Waals surface area contributed by atoms with Gasteiger partial charge in [0.25, 0.3) is 0 Å². The first-order chi connectivity index (χ1) is 12.5. The summed E-state index contributed by atoms with van der Waals surface area (Å²) < 4.78 is 13.8. The second kappa shape index (κ2) is 12.1. The SMILES string of the molecule is CCN1CCCC1CNC(=NCc1ccccc1F)NCC(=O)N(C)C.I. The summed E-state index contributed by atoms with van der Waals surface area (Å²) in [6.45, 7) is 5.45. The molecule has 0 radical (unpaired) electrons. The molecule has 1 aliphatic rings. The van der Waals surface area contributed by atoms with E-state index in [0.717, 1.165) is 26.1 Å². The fourth-order valence-corrected chi connectivity index (χ4v) is 3.04. The third-order valence-electron chi connectivity index (χ3n) is 4.68. The van der Waals surface area contributed by atoms with E-state index in [0.29, 0.717) is 17.6 Å². The summed E-state index contributed by atoms with van der Waals surface area (Å²) in [5, 5.41) is 6.37. The van der Waals surface area contributed by atoms with Gasteiger partial charge in [-0.25, -0.2) is 9.38 Å². The van der Waals surface area contributed by atoms with E-state index in [9.17, 15) is 9.18 Å². The normalized spacial score (nSPS) is 17.3. The van der Waals surface area contributed by atoms with Crippen LogP contribution in [0, 0.1) is 5.82 Å². The van der Waals surface area contributed by atoms with Crippen LogP contribution in [0.3, 0.4) is 0 Å². The van der Waals surface area contributed by atoms with Crippen LogP contribution < -0.4 is 10.6 Å². The maximum Gasteiger partial charge on any atom is 0.241 e. The first-order valence-electron chi connectivity index (χ1n) is 9.21. The molecule has 1 amide bonds. The first kappa shape index (κ1) is 23.6. The number of carbonyl (C=O) groups is 1. The van der Waals surface area contributed by atoms with Crippen LogP contribution in [0.25, 0.3) is 0 Å². The molecule has 1 aromatic carbocycles. The molecule has 1 fully saturated rings. The highest BCUT2D eigenvalue weighted by Gasteiger charge is 2.22. The van der Waals surface area contributed by atoms with E-state index in [-0.39, 0.29) is 48.8 Å². The van der Waals surface area contributed by atoms with Gasteiger partial charge in [0.1, 0.15) is 5.82 Å². The number of rotatable bonds is 7. The number of guanidine groups is 1. The molecule has 152 valence electrons. The highest BCUT2D eigenvalue weighted by Crippen LogP contribution is 2.15. The Morgan fingerprint density at radius 2 is 2.07 bits per heavy atom. The Morgan fingerprint density at radius 1 is 1.33 bits per heavy atom. The Kier molecular flexibility index (Phi) is 10.6. The number of hydrogen-bond donors (Lipinski definition) is 2. The lowest BCUT2D eigenvalue weighted by Gasteiger charge is -2.24. The fraction of sp³-hybridized carbons (Fsp3) is 0.579. The van der Waals surface area contributed by atoms with Crippen molar-refractivity contribution in [2.45, 2.75) is 32.4 Å². The summed E-state index contributed by atoms with van der Waals surface area (Å²) in [5.74, 6) is 0.223. The summed E-state index contributed by atoms with van der Waals surface area (Å²) in [6, 6.07) is 7.07. The molecule has 0 aliphatic carbocycles. The molecular formula is C19H31FIN5O. The van der Waals surface area contributed by atoms with E-state index in [4.69, 9.17) is 0 Å². The highest BCUT2D eigenvalue weighted by atomic mass is 127. The molecule has 0 aromatic heterocycles. The molecule has 1 atom stereocenters. The minimum Gasteiger partial charge on any atom is -0.355 e. The number of likely N-dealkylation sites (tertiary alicyclic amines) is 1. The standard InChI is InChI=1S/C19H30FN5O.HI/c1-4-25-11-7-9-16(25)13-22-19(23-14-18(26)24(2)3)21-12-15-8-5-6-10-17(15)20;/h5-6,8,10,16H,4,7,9,11-14H2,1-3H3,(H2,21,22,23);1H. The Labute approximate surface area is 178 Å². The van der Waals surface area contributed by atoms with E-state index in [1.807, 2.05) is 0 Å². The summed E-state index contributed by atoms with van der Waals surface area (Å²) >= 11 is 0. The van der Waals surface area contributed by atoms with E-state index >= 15 is 0 Å². The molecule has 2 N–H and O–H groups in total. The van der Waals surface area contributed by atoms with Gasteiger partial charge in [-0.2, -0.15) is 0 Å². The predicted octanol–water partition coefficient (Wildman–Crippen LogP) is 2.05. The molecule has 1 heterocycles. The number of carbonyl (C=O) groups excluding carboxylic acids is 1. The monoisotopic (exact) mass is 491 g/mol. The van der Waals surface area contributed by atoms with E-state index in [1.165, 1.54) is 17.4 Å². The lowest BCUT2D eigenvalue weighted by molar-refractivity contribution is -0.127. The average molecular weight is 491 g/mol. The van der Waals surface area contributed by atoms with Crippen LogP contribution in [-0.2, 0) is 11.3 Å². The molecule has 0 bridgehead atoms. The van der Waals surface area contributed by atoms with Crippen molar-refractivity contribution in [3.8, 4) is 0 Å². The van der Waals surface area contributed by atoms with Gasteiger partial charge >= 0.3 is 0 Å². The minimum atomic E-state index is -0.270. The second-order valence-electron chi connectivity index (χ2n) is 6.70. The summed E-state index contributed by atoms with van der Waals surface area (Å²) in [5.41, 5.74) is 0.531. The van der Waals surface area contributed by atoms with Crippen molar-refractivity contribution in [1.29, 1.82) is 0 Å². The zero-order valence-electron chi connectivity index (χ0n) is 16.4. The molecule has 8 heteroatoms. The number of nitrogens with one attached hydrogen (secondary N) is 2. The Bertz CT molecular complexity index is 626. The molecule has 1 saturated heterocycles. The number of amides is 1. The number of hydrogen-bond acceptors (Lipinski definition) is 3. The minimum absolute atomic E-state index is 0. The van der Waals surface area contributed by atoms with E-state index < -0.39 is 0 Å². The highest BCUT2D eigenvalue weighted by molar-refractivity contribution is 14.0. The van der Waals surface area contributed by atoms with E-state index in [1.54, 1.807) is 32.3 Å². The molecule has 0 spiro atoms. The first-order valence-corrected chi connectivity index (χ1v) is 9.21. The van der Waals surface area contributed by atoms with Crippen molar-refractivity contribution in [3.05, 3.63) is 35.6 Å². The maximum absolute atomic E-state index is 13.8. The summed E-state index contributed by atoms with van der Waals surface area (Å²) in [6.07, 6.45) is 2.35. The molecular weight excluding hydrogens is 460 g/mol. The van der Waals surface area contributed by atoms with Gasteiger partial charge in [0.15, 0.2) is 5.96 Å². The van der Waals surface area contributed by atoms with Crippen LogP contribution >= 0.6 is 24.0 Å². The lowest BCUT2D eigenvalue weighted by Crippen LogP contribution is -2.47. The largest absolute Gasteiger partial charge is 0.355 e. The number of aliphatic imine (C=N–C) groups is 1. The smallest absolute Gasteiger partial charge is 0.241 e. The predicted molar refractivity (Wildman–Crippen MR) is 118 cm³/mol. The third-order valence-corrected chi connectivity index (χ3v) is 4.68. The topological polar surface area (TPSA) is 60.0 Å². The summed E-state index contributed by atoms with van der Waals surface area (Å²) in [4.78, 5) is 20.3. The molecule has 6 nitrogen and oxygen atoms in total. The van der Waals surface area contributed by atoms with Gasteiger partial charge < -0.3 is 15.5 Å². The molecule has 1 aliphatic heterocycles. The van der Waals surface area contributed by atoms with Gasteiger partial charge in [0, 0.05) is 32.2 Å². The van der Waals surface area contributed by atoms with Crippen LogP contribution in [-0.4, -0.2) is 68.0 Å². The molecule has 2 rings (SSSR count). The quantitative estimate of drug-likeness (QED) is 0.349. The van der Waals surface area contributed by atoms with Gasteiger partial charge in [0.05, 0.1) is 13.1 Å². The fourth-order valence-electron chi connectivity index (χ4n) is 3.04. The van der Waals surface area contributed by atoms with Crippen LogP contribution in [0.5, 0.6) is 0 Å². The van der Waals surface area contributed by atoms with Gasteiger partial charge in [-0.3, -0.25) is 9.69 Å². The third kappa shape index (κ3) is 7.61. The van der Waals surface area contributed by atoms with Crippen LogP contribution in [0.1, 0.15) is 25.3 Å². The van der Waals surface area contributed by atoms with E-state index in [2.05, 4.69) is 27.4 Å². The number of nitrogens with zero attached hydrogens (tertiary/aromatic N) is 3. The Morgan fingerprint density at radius 3 is 2.74 bits per heavy atom. The molecule has 0 saturated carbocycles. The Balaban J connectivity index is 0.00000364. The average Bonchev–Trinajstić information content (AvgIpc) is 3.09. The van der Waals surface area contributed by atoms with Gasteiger partial charge in [0.2, 0.25) is 5.91 Å². The molecule has 27 heavy (non-hydrogen) atoms. The van der Waals surface area contributed by atoms with Crippen LogP contribution in [0.4, 0.5) is 4.39 Å². The van der Waals surface area contributed by atoms with Gasteiger partial charge in [-0.15, -0.1) is 24.0 Å². The maximum atomic E-state index is 13.8. The zero-order chi connectivity index (χ0) is 18.9. The van der Waals surface area contributed by atoms with Crippen molar-refractivity contribution in [1.82, 2.24) is 20.4 Å². The van der Waals surface area contributed by atoms with Crippen molar-refractivity contribution in [3.63, 3.8) is 0 Å². The summed E-state index contributed by atoms with van der Waals surface area (Å²) in [7, 11) is 3.43. The van der Waals surface area contributed by atoms with Crippen LogP contribution in [0.2, 0.25) is 0 Å². The van der Waals surface area contributed by atoms with Gasteiger partial charge in [-0.1, -0.05) is 25.1 Å². The van der Waals surface area contributed by atoms with Crippen molar-refractivity contribution in [2.75, 3.05) is 40.3 Å². The van der Waals surface area contributed by atoms with Gasteiger partial charge in [-0.05, 0) is 32.0 Å². The van der Waals surface area contributed by atoms with Crippen molar-refractivity contribution >= 4 is 35.8 Å². The number of benzene rings is 1. The van der Waals surface area contributed by atoms with Crippen molar-refractivity contribution in [2.24, 2.45) is 4.99 Å². The van der Waals surface area contributed by atoms with Crippen molar-refractivity contribution < 1.29 is 9.18 Å². The van der Waals surface area contributed by atoms with Crippen LogP contribution in [0.15, 0.2) is 29.3 Å².